The zero-order chi connectivity index (χ0) is 30.0. The molecule has 0 spiro atoms. The van der Waals surface area contributed by atoms with Crippen LogP contribution in [0.5, 0.6) is 17.2 Å². The minimum Gasteiger partial charge on any atom is -0.497 e. The van der Waals surface area contributed by atoms with Crippen LogP contribution in [0.15, 0.2) is 102 Å². The molecule has 0 aliphatic heterocycles. The van der Waals surface area contributed by atoms with Crippen molar-refractivity contribution in [3.8, 4) is 28.5 Å². The van der Waals surface area contributed by atoms with Crippen LogP contribution >= 0.6 is 22.9 Å². The number of anilines is 1. The fourth-order valence-electron chi connectivity index (χ4n) is 4.49. The number of halogens is 1. The van der Waals surface area contributed by atoms with Crippen LogP contribution in [0.3, 0.4) is 0 Å². The van der Waals surface area contributed by atoms with Gasteiger partial charge in [0.05, 0.1) is 26.5 Å². The quantitative estimate of drug-likeness (QED) is 0.148. The van der Waals surface area contributed by atoms with Gasteiger partial charge in [-0.1, -0.05) is 54.1 Å². The summed E-state index contributed by atoms with van der Waals surface area (Å²) in [7, 11) is 3.29. The van der Waals surface area contributed by atoms with Crippen LogP contribution in [0.4, 0.5) is 5.13 Å². The third kappa shape index (κ3) is 8.06. The molecule has 0 saturated carbocycles. The largest absolute Gasteiger partial charge is 0.497 e. The molecule has 0 aliphatic rings. The van der Waals surface area contributed by atoms with Gasteiger partial charge >= 0.3 is 0 Å². The molecule has 4 aromatic carbocycles. The van der Waals surface area contributed by atoms with E-state index >= 15 is 0 Å². The fraction of sp³-hybridized carbons (Fsp3) is 0.176. The molecule has 5 rings (SSSR count). The molecule has 1 aromatic heterocycles. The van der Waals surface area contributed by atoms with E-state index in [4.69, 9.17) is 30.8 Å². The number of ether oxygens (including phenoxy) is 3. The number of nitrogens with zero attached hydrogens (tertiary/aromatic N) is 2. The molecule has 0 bridgehead atoms. The summed E-state index contributed by atoms with van der Waals surface area (Å²) in [5, 5.41) is 6.47. The Kier molecular flexibility index (Phi) is 10.2. The highest BCUT2D eigenvalue weighted by Gasteiger charge is 2.17. The molecule has 0 radical (unpaired) electrons. The highest BCUT2D eigenvalue weighted by Crippen LogP contribution is 2.36. The molecule has 5 aromatic rings. The Hall–Kier alpha value is -4.53. The summed E-state index contributed by atoms with van der Waals surface area (Å²) in [5.74, 6) is 2.13. The summed E-state index contributed by atoms with van der Waals surface area (Å²) in [5.41, 5.74) is 4.24. The van der Waals surface area contributed by atoms with Crippen molar-refractivity contribution in [2.45, 2.75) is 13.1 Å². The van der Waals surface area contributed by atoms with Crippen molar-refractivity contribution in [1.82, 2.24) is 10.3 Å². The summed E-state index contributed by atoms with van der Waals surface area (Å²) in [4.78, 5) is 19.9. The van der Waals surface area contributed by atoms with E-state index in [1.54, 1.807) is 25.6 Å². The number of carbonyl (C=O) groups excluding carboxylic acids is 1. The van der Waals surface area contributed by atoms with E-state index in [1.165, 1.54) is 0 Å². The summed E-state index contributed by atoms with van der Waals surface area (Å²) < 4.78 is 17.0. The van der Waals surface area contributed by atoms with Gasteiger partial charge in [-0.3, -0.25) is 4.79 Å². The van der Waals surface area contributed by atoms with Gasteiger partial charge in [0.15, 0.2) is 5.13 Å². The Morgan fingerprint density at radius 2 is 1.70 bits per heavy atom. The first-order chi connectivity index (χ1) is 21.0. The van der Waals surface area contributed by atoms with Gasteiger partial charge in [-0.15, -0.1) is 11.3 Å². The smallest absolute Gasteiger partial charge is 0.251 e. The van der Waals surface area contributed by atoms with E-state index in [0.717, 1.165) is 44.8 Å². The second-order valence-electron chi connectivity index (χ2n) is 9.67. The van der Waals surface area contributed by atoms with Crippen molar-refractivity contribution < 1.29 is 19.0 Å². The number of benzene rings is 4. The van der Waals surface area contributed by atoms with Crippen molar-refractivity contribution in [2.75, 3.05) is 32.3 Å². The number of hydrogen-bond donors (Lipinski definition) is 1. The lowest BCUT2D eigenvalue weighted by Gasteiger charge is -2.22. The van der Waals surface area contributed by atoms with Crippen molar-refractivity contribution in [3.05, 3.63) is 124 Å². The molecule has 0 saturated heterocycles. The molecule has 0 atom stereocenters. The molecule has 1 N–H and O–H groups in total. The molecule has 9 heteroatoms. The number of aromatic nitrogens is 1. The lowest BCUT2D eigenvalue weighted by atomic mass is 10.1. The highest BCUT2D eigenvalue weighted by molar-refractivity contribution is 7.14. The first-order valence-corrected chi connectivity index (χ1v) is 15.0. The third-order valence-corrected chi connectivity index (χ3v) is 7.89. The summed E-state index contributed by atoms with van der Waals surface area (Å²) in [6.07, 6.45) is 0. The van der Waals surface area contributed by atoms with E-state index in [9.17, 15) is 4.79 Å². The van der Waals surface area contributed by atoms with E-state index in [2.05, 4.69) is 10.2 Å². The maximum absolute atomic E-state index is 12.8. The number of nitrogens with one attached hydrogen (secondary N) is 1. The van der Waals surface area contributed by atoms with Crippen LogP contribution in [-0.2, 0) is 13.1 Å². The van der Waals surface area contributed by atoms with Crippen LogP contribution in [0, 0.1) is 0 Å². The highest BCUT2D eigenvalue weighted by atomic mass is 35.5. The Bertz CT molecular complexity index is 1640. The Morgan fingerprint density at radius 1 is 0.884 bits per heavy atom. The molecular weight excluding hydrogens is 582 g/mol. The maximum Gasteiger partial charge on any atom is 0.251 e. The van der Waals surface area contributed by atoms with Gasteiger partial charge in [-0.2, -0.15) is 0 Å². The van der Waals surface area contributed by atoms with E-state index in [0.29, 0.717) is 36.8 Å². The Morgan fingerprint density at radius 3 is 2.44 bits per heavy atom. The summed E-state index contributed by atoms with van der Waals surface area (Å²) >= 11 is 7.62. The van der Waals surface area contributed by atoms with Gasteiger partial charge in [0.1, 0.15) is 23.9 Å². The number of carbonyl (C=O) groups is 1. The number of thiazole rings is 1. The number of amides is 1. The predicted octanol–water partition coefficient (Wildman–Crippen LogP) is 7.50. The molecular formula is C34H32ClN3O4S. The average Bonchev–Trinajstić information content (AvgIpc) is 3.54. The van der Waals surface area contributed by atoms with E-state index < -0.39 is 0 Å². The molecule has 220 valence electrons. The van der Waals surface area contributed by atoms with Gasteiger partial charge in [0, 0.05) is 34.6 Å². The maximum atomic E-state index is 12.8. The van der Waals surface area contributed by atoms with Crippen LogP contribution in [-0.4, -0.2) is 38.3 Å². The monoisotopic (exact) mass is 613 g/mol. The molecule has 0 fully saturated rings. The zero-order valence-electron chi connectivity index (χ0n) is 24.0. The van der Waals surface area contributed by atoms with Crippen LogP contribution in [0.1, 0.15) is 21.5 Å². The molecule has 1 amide bonds. The zero-order valence-corrected chi connectivity index (χ0v) is 25.5. The van der Waals surface area contributed by atoms with Crippen molar-refractivity contribution >= 4 is 34.0 Å². The lowest BCUT2D eigenvalue weighted by molar-refractivity contribution is 0.0951. The van der Waals surface area contributed by atoms with Crippen LogP contribution < -0.4 is 24.4 Å². The minimum absolute atomic E-state index is 0.142. The van der Waals surface area contributed by atoms with Gasteiger partial charge in [-0.25, -0.2) is 4.98 Å². The SMILES string of the molecule is COc1ccc(OC)c(-c2csc(N(CCOc3ccccc3)Cc3ccc(C(=O)NCc4cccc(Cl)c4)cc3)n2)c1. The molecule has 0 aliphatic carbocycles. The van der Waals surface area contributed by atoms with Crippen LogP contribution in [0.2, 0.25) is 5.02 Å². The number of rotatable bonds is 13. The molecule has 7 nitrogen and oxygen atoms in total. The van der Waals surface area contributed by atoms with E-state index in [1.807, 2.05) is 102 Å². The lowest BCUT2D eigenvalue weighted by Crippen LogP contribution is -2.28. The normalized spacial score (nSPS) is 10.7. The molecule has 43 heavy (non-hydrogen) atoms. The number of methoxy groups -OCH3 is 2. The Balaban J connectivity index is 1.31. The second-order valence-corrected chi connectivity index (χ2v) is 10.9. The van der Waals surface area contributed by atoms with Gasteiger partial charge in [-0.05, 0) is 65.7 Å². The Labute approximate surface area is 260 Å². The predicted molar refractivity (Wildman–Crippen MR) is 173 cm³/mol. The molecule has 1 heterocycles. The second kappa shape index (κ2) is 14.6. The van der Waals surface area contributed by atoms with Crippen molar-refractivity contribution in [3.63, 3.8) is 0 Å². The minimum atomic E-state index is -0.142. The average molecular weight is 614 g/mol. The van der Waals surface area contributed by atoms with Gasteiger partial charge in [0.25, 0.3) is 5.91 Å². The number of para-hydroxylation sites is 1. The standard InChI is InChI=1S/C34H32ClN3O4S/c1-40-29-15-16-32(41-2)30(20-29)31-23-43-34(37-31)38(17-18-42-28-9-4-3-5-10-28)22-24-11-13-26(14-12-24)33(39)36-21-25-7-6-8-27(35)19-25/h3-16,19-20,23H,17-18,21-22H2,1-2H3,(H,36,39). The summed E-state index contributed by atoms with van der Waals surface area (Å²) in [6.45, 7) is 2.08. The molecule has 0 unspecified atom stereocenters. The third-order valence-electron chi connectivity index (χ3n) is 6.75. The number of hydrogen-bond acceptors (Lipinski definition) is 7. The van der Waals surface area contributed by atoms with Gasteiger partial charge < -0.3 is 24.4 Å². The van der Waals surface area contributed by atoms with Crippen molar-refractivity contribution in [1.29, 1.82) is 0 Å². The van der Waals surface area contributed by atoms with Gasteiger partial charge in [0.2, 0.25) is 0 Å². The van der Waals surface area contributed by atoms with Crippen molar-refractivity contribution in [2.24, 2.45) is 0 Å². The topological polar surface area (TPSA) is 72.9 Å². The summed E-state index contributed by atoms with van der Waals surface area (Å²) in [6, 6.07) is 30.5. The van der Waals surface area contributed by atoms with Crippen LogP contribution in [0.25, 0.3) is 11.3 Å². The van der Waals surface area contributed by atoms with E-state index in [-0.39, 0.29) is 5.91 Å². The fourth-order valence-corrected chi connectivity index (χ4v) is 5.56. The first kappa shape index (κ1) is 29.9. The first-order valence-electron chi connectivity index (χ1n) is 13.7.